The molecule has 0 bridgehead atoms. The first-order chi connectivity index (χ1) is 7.59. The van der Waals surface area contributed by atoms with Crippen LogP contribution in [0.25, 0.3) is 0 Å². The maximum Gasteiger partial charge on any atom is 0.112 e. The maximum atomic E-state index is 4.39. The quantitative estimate of drug-likeness (QED) is 0.843. The topological polar surface area (TPSA) is 37.0 Å². The third-order valence-corrected chi connectivity index (χ3v) is 4.52. The zero-order valence-electron chi connectivity index (χ0n) is 10.3. The predicted molar refractivity (Wildman–Crippen MR) is 68.7 cm³/mol. The van der Waals surface area contributed by atoms with Crippen molar-refractivity contribution in [2.45, 2.75) is 38.8 Å². The Morgan fingerprint density at radius 1 is 1.62 bits per heavy atom. The Morgan fingerprint density at radius 2 is 2.44 bits per heavy atom. The van der Waals surface area contributed by atoms with Crippen molar-refractivity contribution in [3.63, 3.8) is 0 Å². The van der Waals surface area contributed by atoms with Crippen LogP contribution in [-0.4, -0.2) is 24.1 Å². The van der Waals surface area contributed by atoms with Gasteiger partial charge in [-0.3, -0.25) is 0 Å². The van der Waals surface area contributed by atoms with Crippen LogP contribution in [0.4, 0.5) is 0 Å². The zero-order valence-corrected chi connectivity index (χ0v) is 11.1. The first-order valence-electron chi connectivity index (χ1n) is 5.98. The van der Waals surface area contributed by atoms with Crippen molar-refractivity contribution in [1.29, 1.82) is 0 Å². The fraction of sp³-hybridized carbons (Fsp3) is 0.750. The normalized spacial score (nSPS) is 26.2. The molecule has 0 radical (unpaired) electrons. The molecule has 1 aliphatic heterocycles. The zero-order chi connectivity index (χ0) is 11.6. The van der Waals surface area contributed by atoms with E-state index in [0.717, 1.165) is 24.0 Å². The average molecular weight is 239 g/mol. The Labute approximate surface area is 102 Å². The average Bonchev–Trinajstić information content (AvgIpc) is 2.85. The number of thiazole rings is 1. The Bertz CT molecular complexity index is 321. The monoisotopic (exact) mass is 239 g/mol. The molecule has 0 aromatic carbocycles. The predicted octanol–water partition coefficient (Wildman–Crippen LogP) is 1.97. The first-order valence-corrected chi connectivity index (χ1v) is 6.86. The van der Waals surface area contributed by atoms with Gasteiger partial charge < -0.3 is 10.6 Å². The number of nitrogens with zero attached hydrogens (tertiary/aromatic N) is 1. The summed E-state index contributed by atoms with van der Waals surface area (Å²) in [6.45, 7) is 8.90. The van der Waals surface area contributed by atoms with Gasteiger partial charge in [-0.1, -0.05) is 6.92 Å². The van der Waals surface area contributed by atoms with Gasteiger partial charge in [-0.25, -0.2) is 4.98 Å². The summed E-state index contributed by atoms with van der Waals surface area (Å²) < 4.78 is 0. The second kappa shape index (κ2) is 4.82. The molecular weight excluding hydrogens is 218 g/mol. The molecule has 2 atom stereocenters. The van der Waals surface area contributed by atoms with Gasteiger partial charge in [-0.15, -0.1) is 11.3 Å². The van der Waals surface area contributed by atoms with Crippen molar-refractivity contribution in [3.05, 3.63) is 16.6 Å². The molecule has 2 unspecified atom stereocenters. The molecule has 0 saturated carbocycles. The highest BCUT2D eigenvalue weighted by atomic mass is 32.1. The van der Waals surface area contributed by atoms with Crippen molar-refractivity contribution in [2.24, 2.45) is 5.92 Å². The standard InChI is InChI=1S/C12H21N3S/c1-9-4-5-13-10(9)8-15-12(2,3)11-14-6-7-16-11/h6-7,9-10,13,15H,4-5,8H2,1-3H3. The van der Waals surface area contributed by atoms with Crippen molar-refractivity contribution < 1.29 is 0 Å². The largest absolute Gasteiger partial charge is 0.312 e. The van der Waals surface area contributed by atoms with Crippen LogP contribution in [-0.2, 0) is 5.54 Å². The summed E-state index contributed by atoms with van der Waals surface area (Å²) in [5, 5.41) is 10.4. The molecule has 1 aromatic rings. The van der Waals surface area contributed by atoms with Crippen molar-refractivity contribution in [1.82, 2.24) is 15.6 Å². The minimum atomic E-state index is -0.0157. The van der Waals surface area contributed by atoms with Gasteiger partial charge >= 0.3 is 0 Å². The summed E-state index contributed by atoms with van der Waals surface area (Å²) in [5.74, 6) is 0.777. The van der Waals surface area contributed by atoms with E-state index in [1.165, 1.54) is 6.42 Å². The molecule has 0 aliphatic carbocycles. The van der Waals surface area contributed by atoms with Gasteiger partial charge in [-0.2, -0.15) is 0 Å². The third kappa shape index (κ3) is 2.62. The van der Waals surface area contributed by atoms with Crippen molar-refractivity contribution in [3.8, 4) is 0 Å². The molecule has 3 nitrogen and oxygen atoms in total. The fourth-order valence-corrected chi connectivity index (χ4v) is 2.88. The molecule has 2 rings (SSSR count). The smallest absolute Gasteiger partial charge is 0.112 e. The van der Waals surface area contributed by atoms with Crippen molar-refractivity contribution in [2.75, 3.05) is 13.1 Å². The third-order valence-electron chi connectivity index (χ3n) is 3.42. The number of aromatic nitrogens is 1. The van der Waals surface area contributed by atoms with Crippen LogP contribution in [0, 0.1) is 5.92 Å². The lowest BCUT2D eigenvalue weighted by molar-refractivity contribution is 0.350. The molecule has 1 aliphatic rings. The summed E-state index contributed by atoms with van der Waals surface area (Å²) in [5.41, 5.74) is -0.0157. The van der Waals surface area contributed by atoms with Crippen LogP contribution in [0.15, 0.2) is 11.6 Å². The molecule has 0 amide bonds. The Kier molecular flexibility index (Phi) is 3.62. The lowest BCUT2D eigenvalue weighted by Crippen LogP contribution is -2.45. The van der Waals surface area contributed by atoms with Crippen LogP contribution in [0.5, 0.6) is 0 Å². The van der Waals surface area contributed by atoms with E-state index < -0.39 is 0 Å². The summed E-state index contributed by atoms with van der Waals surface area (Å²) in [4.78, 5) is 4.39. The van der Waals surface area contributed by atoms with Crippen LogP contribution in [0.1, 0.15) is 32.2 Å². The lowest BCUT2D eigenvalue weighted by atomic mass is 10.0. The number of nitrogens with one attached hydrogen (secondary N) is 2. The van der Waals surface area contributed by atoms with Crippen molar-refractivity contribution >= 4 is 11.3 Å². The van der Waals surface area contributed by atoms with Crippen LogP contribution in [0.3, 0.4) is 0 Å². The van der Waals surface area contributed by atoms with Gasteiger partial charge in [0.1, 0.15) is 5.01 Å². The molecular formula is C12H21N3S. The van der Waals surface area contributed by atoms with E-state index in [1.54, 1.807) is 11.3 Å². The van der Waals surface area contributed by atoms with E-state index in [1.807, 2.05) is 11.6 Å². The maximum absolute atomic E-state index is 4.39. The highest BCUT2D eigenvalue weighted by Gasteiger charge is 2.27. The van der Waals surface area contributed by atoms with E-state index in [-0.39, 0.29) is 5.54 Å². The number of hydrogen-bond donors (Lipinski definition) is 2. The van der Waals surface area contributed by atoms with E-state index in [2.05, 4.69) is 36.4 Å². The van der Waals surface area contributed by atoms with Crippen LogP contribution >= 0.6 is 11.3 Å². The van der Waals surface area contributed by atoms with Gasteiger partial charge in [0.15, 0.2) is 0 Å². The minimum Gasteiger partial charge on any atom is -0.312 e. The minimum absolute atomic E-state index is 0.0157. The first kappa shape index (κ1) is 12.0. The van der Waals surface area contributed by atoms with E-state index in [9.17, 15) is 0 Å². The Balaban J connectivity index is 1.89. The summed E-state index contributed by atoms with van der Waals surface area (Å²) in [6.07, 6.45) is 3.17. The lowest BCUT2D eigenvalue weighted by Gasteiger charge is -2.27. The molecule has 16 heavy (non-hydrogen) atoms. The Hall–Kier alpha value is -0.450. The molecule has 0 spiro atoms. The van der Waals surface area contributed by atoms with E-state index in [0.29, 0.717) is 6.04 Å². The van der Waals surface area contributed by atoms with Crippen LogP contribution in [0.2, 0.25) is 0 Å². The Morgan fingerprint density at radius 3 is 3.00 bits per heavy atom. The van der Waals surface area contributed by atoms with E-state index in [4.69, 9.17) is 0 Å². The second-order valence-corrected chi connectivity index (χ2v) is 6.06. The summed E-state index contributed by atoms with van der Waals surface area (Å²) in [7, 11) is 0. The van der Waals surface area contributed by atoms with Gasteiger partial charge in [-0.05, 0) is 32.7 Å². The summed E-state index contributed by atoms with van der Waals surface area (Å²) >= 11 is 1.72. The molecule has 1 saturated heterocycles. The van der Waals surface area contributed by atoms with Gasteiger partial charge in [0.25, 0.3) is 0 Å². The number of hydrogen-bond acceptors (Lipinski definition) is 4. The summed E-state index contributed by atoms with van der Waals surface area (Å²) in [6, 6.07) is 0.610. The van der Waals surface area contributed by atoms with E-state index >= 15 is 0 Å². The SMILES string of the molecule is CC1CCNC1CNC(C)(C)c1nccs1. The van der Waals surface area contributed by atoms with Gasteiger partial charge in [0.2, 0.25) is 0 Å². The highest BCUT2D eigenvalue weighted by Crippen LogP contribution is 2.23. The highest BCUT2D eigenvalue weighted by molar-refractivity contribution is 7.09. The molecule has 1 fully saturated rings. The molecule has 1 aromatic heterocycles. The molecule has 90 valence electrons. The molecule has 4 heteroatoms. The number of rotatable bonds is 4. The van der Waals surface area contributed by atoms with Gasteiger partial charge in [0, 0.05) is 24.2 Å². The second-order valence-electron chi connectivity index (χ2n) is 5.17. The molecule has 2 N–H and O–H groups in total. The van der Waals surface area contributed by atoms with Crippen LogP contribution < -0.4 is 10.6 Å². The van der Waals surface area contributed by atoms with Gasteiger partial charge in [0.05, 0.1) is 5.54 Å². The fourth-order valence-electron chi connectivity index (χ4n) is 2.14. The molecule has 2 heterocycles.